The molecular formula is C16H19NS. The number of hydrogen-bond acceptors (Lipinski definition) is 2. The van der Waals surface area contributed by atoms with Crippen LogP contribution in [0.5, 0.6) is 0 Å². The van der Waals surface area contributed by atoms with Gasteiger partial charge < -0.3 is 5.32 Å². The Kier molecular flexibility index (Phi) is 3.23. The van der Waals surface area contributed by atoms with Crippen LogP contribution in [0.2, 0.25) is 0 Å². The summed E-state index contributed by atoms with van der Waals surface area (Å²) in [6, 6.07) is 9.32. The fraction of sp³-hybridized carbons (Fsp3) is 0.375. The van der Waals surface area contributed by atoms with E-state index in [1.807, 2.05) is 0 Å². The summed E-state index contributed by atoms with van der Waals surface area (Å²) < 4.78 is 1.36. The summed E-state index contributed by atoms with van der Waals surface area (Å²) in [6.45, 7) is 4.33. The molecule has 1 heterocycles. The van der Waals surface area contributed by atoms with Crippen molar-refractivity contribution in [1.29, 1.82) is 0 Å². The average molecular weight is 257 g/mol. The number of rotatable bonds is 4. The standard InChI is InChI=1S/C16H19NS/c1-11(16(17-2)13-4-3-5-13)14-7-6-12-8-9-18-15(12)10-14/h6-10,13,16-17H,1,3-5H2,2H3. The average Bonchev–Trinajstić information content (AvgIpc) is 2.79. The molecule has 0 saturated heterocycles. The molecule has 1 aliphatic carbocycles. The molecule has 0 amide bonds. The van der Waals surface area contributed by atoms with Crippen LogP contribution in [0.15, 0.2) is 36.2 Å². The van der Waals surface area contributed by atoms with Gasteiger partial charge in [-0.05, 0) is 59.8 Å². The lowest BCUT2D eigenvalue weighted by atomic mass is 9.76. The molecule has 0 aliphatic heterocycles. The number of nitrogens with one attached hydrogen (secondary N) is 1. The second-order valence-corrected chi connectivity index (χ2v) is 6.10. The van der Waals surface area contributed by atoms with E-state index in [1.165, 1.54) is 40.5 Å². The minimum absolute atomic E-state index is 0.441. The maximum absolute atomic E-state index is 4.33. The maximum atomic E-state index is 4.33. The van der Waals surface area contributed by atoms with E-state index in [9.17, 15) is 0 Å². The molecule has 1 unspecified atom stereocenters. The van der Waals surface area contributed by atoms with Crippen LogP contribution in [0.25, 0.3) is 15.7 Å². The molecular weight excluding hydrogens is 238 g/mol. The van der Waals surface area contributed by atoms with E-state index in [4.69, 9.17) is 0 Å². The fourth-order valence-corrected chi connectivity index (χ4v) is 3.63. The maximum Gasteiger partial charge on any atom is 0.0348 e. The van der Waals surface area contributed by atoms with Crippen molar-refractivity contribution >= 4 is 27.0 Å². The van der Waals surface area contributed by atoms with E-state index < -0.39 is 0 Å². The highest BCUT2D eigenvalue weighted by molar-refractivity contribution is 7.17. The summed E-state index contributed by atoms with van der Waals surface area (Å²) in [6.07, 6.45) is 4.05. The van der Waals surface area contributed by atoms with E-state index in [-0.39, 0.29) is 0 Å². The van der Waals surface area contributed by atoms with Gasteiger partial charge in [-0.2, -0.15) is 0 Å². The summed E-state index contributed by atoms with van der Waals surface area (Å²) in [4.78, 5) is 0. The molecule has 1 aliphatic rings. The SMILES string of the molecule is C=C(c1ccc2ccsc2c1)C(NC)C1CCC1. The monoisotopic (exact) mass is 257 g/mol. The van der Waals surface area contributed by atoms with Gasteiger partial charge in [0.2, 0.25) is 0 Å². The molecule has 0 bridgehead atoms. The second-order valence-electron chi connectivity index (χ2n) is 5.16. The number of thiophene rings is 1. The van der Waals surface area contributed by atoms with Crippen LogP contribution in [-0.2, 0) is 0 Å². The Hall–Kier alpha value is -1.12. The lowest BCUT2D eigenvalue weighted by molar-refractivity contribution is 0.273. The van der Waals surface area contributed by atoms with Crippen molar-refractivity contribution in [2.75, 3.05) is 7.05 Å². The molecule has 2 heteroatoms. The third-order valence-electron chi connectivity index (χ3n) is 4.13. The van der Waals surface area contributed by atoms with Crippen LogP contribution >= 0.6 is 11.3 Å². The molecule has 3 rings (SSSR count). The van der Waals surface area contributed by atoms with Gasteiger partial charge in [-0.1, -0.05) is 25.1 Å². The lowest BCUT2D eigenvalue weighted by Gasteiger charge is -2.35. The third-order valence-corrected chi connectivity index (χ3v) is 5.01. The zero-order chi connectivity index (χ0) is 12.5. The van der Waals surface area contributed by atoms with Gasteiger partial charge in [0.05, 0.1) is 0 Å². The largest absolute Gasteiger partial charge is 0.313 e. The molecule has 1 saturated carbocycles. The molecule has 2 aromatic rings. The molecule has 1 aromatic heterocycles. The van der Waals surface area contributed by atoms with Crippen LogP contribution in [0.3, 0.4) is 0 Å². The van der Waals surface area contributed by atoms with Crippen LogP contribution < -0.4 is 5.32 Å². The molecule has 1 aromatic carbocycles. The zero-order valence-electron chi connectivity index (χ0n) is 10.8. The van der Waals surface area contributed by atoms with Crippen LogP contribution in [-0.4, -0.2) is 13.1 Å². The predicted octanol–water partition coefficient (Wildman–Crippen LogP) is 4.30. The molecule has 1 fully saturated rings. The highest BCUT2D eigenvalue weighted by Gasteiger charge is 2.28. The quantitative estimate of drug-likeness (QED) is 0.861. The molecule has 18 heavy (non-hydrogen) atoms. The highest BCUT2D eigenvalue weighted by atomic mass is 32.1. The number of hydrogen-bond donors (Lipinski definition) is 1. The summed E-state index contributed by atoms with van der Waals surface area (Å²) in [5.74, 6) is 0.779. The van der Waals surface area contributed by atoms with Gasteiger partial charge in [-0.25, -0.2) is 0 Å². The van der Waals surface area contributed by atoms with Crippen molar-refractivity contribution in [3.8, 4) is 0 Å². The minimum atomic E-state index is 0.441. The first-order valence-corrected chi connectivity index (χ1v) is 7.51. The Bertz CT molecular complexity index is 565. The van der Waals surface area contributed by atoms with Gasteiger partial charge in [0.25, 0.3) is 0 Å². The smallest absolute Gasteiger partial charge is 0.0348 e. The summed E-state index contributed by atoms with van der Waals surface area (Å²) in [5, 5.41) is 6.93. The van der Waals surface area contributed by atoms with Crippen molar-refractivity contribution in [1.82, 2.24) is 5.32 Å². The van der Waals surface area contributed by atoms with E-state index >= 15 is 0 Å². The highest BCUT2D eigenvalue weighted by Crippen LogP contribution is 2.36. The molecule has 1 N–H and O–H groups in total. The van der Waals surface area contributed by atoms with Gasteiger partial charge in [0.15, 0.2) is 0 Å². The lowest BCUT2D eigenvalue weighted by Crippen LogP contribution is -2.38. The van der Waals surface area contributed by atoms with Gasteiger partial charge in [0.1, 0.15) is 0 Å². The normalized spacial score (nSPS) is 17.6. The van der Waals surface area contributed by atoms with Crippen molar-refractivity contribution in [3.05, 3.63) is 41.8 Å². The van der Waals surface area contributed by atoms with Crippen LogP contribution in [0.1, 0.15) is 24.8 Å². The summed E-state index contributed by atoms with van der Waals surface area (Å²) in [5.41, 5.74) is 2.54. The van der Waals surface area contributed by atoms with E-state index in [0.717, 1.165) is 5.92 Å². The van der Waals surface area contributed by atoms with Crippen molar-refractivity contribution in [2.24, 2.45) is 5.92 Å². The first-order chi connectivity index (χ1) is 8.79. The van der Waals surface area contributed by atoms with Gasteiger partial charge >= 0.3 is 0 Å². The molecule has 0 spiro atoms. The Morgan fingerprint density at radius 2 is 2.22 bits per heavy atom. The van der Waals surface area contributed by atoms with Crippen molar-refractivity contribution < 1.29 is 0 Å². The minimum Gasteiger partial charge on any atom is -0.313 e. The Morgan fingerprint density at radius 3 is 2.89 bits per heavy atom. The fourth-order valence-electron chi connectivity index (χ4n) is 2.80. The zero-order valence-corrected chi connectivity index (χ0v) is 11.6. The van der Waals surface area contributed by atoms with Gasteiger partial charge in [0, 0.05) is 10.7 Å². The second kappa shape index (κ2) is 4.87. The molecule has 1 nitrogen and oxygen atoms in total. The number of likely N-dealkylation sites (N-methyl/N-ethyl adjacent to an activating group) is 1. The van der Waals surface area contributed by atoms with Crippen molar-refractivity contribution in [2.45, 2.75) is 25.3 Å². The van der Waals surface area contributed by atoms with Crippen LogP contribution in [0, 0.1) is 5.92 Å². The first-order valence-electron chi connectivity index (χ1n) is 6.63. The Balaban J connectivity index is 1.89. The predicted molar refractivity (Wildman–Crippen MR) is 81.0 cm³/mol. The van der Waals surface area contributed by atoms with Gasteiger partial charge in [-0.3, -0.25) is 0 Å². The Morgan fingerprint density at radius 1 is 1.39 bits per heavy atom. The number of fused-ring (bicyclic) bond motifs is 1. The van der Waals surface area contributed by atoms with E-state index in [2.05, 4.69) is 48.6 Å². The molecule has 94 valence electrons. The van der Waals surface area contributed by atoms with Crippen LogP contribution in [0.4, 0.5) is 0 Å². The van der Waals surface area contributed by atoms with Crippen molar-refractivity contribution in [3.63, 3.8) is 0 Å². The number of benzene rings is 1. The summed E-state index contributed by atoms with van der Waals surface area (Å²) >= 11 is 1.80. The molecule has 1 atom stereocenters. The Labute approximate surface area is 113 Å². The van der Waals surface area contributed by atoms with E-state index in [1.54, 1.807) is 11.3 Å². The van der Waals surface area contributed by atoms with Gasteiger partial charge in [-0.15, -0.1) is 11.3 Å². The first kappa shape index (κ1) is 11.9. The molecule has 0 radical (unpaired) electrons. The third kappa shape index (κ3) is 2.00. The topological polar surface area (TPSA) is 12.0 Å². The van der Waals surface area contributed by atoms with E-state index in [0.29, 0.717) is 6.04 Å². The summed E-state index contributed by atoms with van der Waals surface area (Å²) in [7, 11) is 2.05.